The van der Waals surface area contributed by atoms with Gasteiger partial charge in [0.05, 0.1) is 31.3 Å². The number of allylic oxidation sites excluding steroid dienone is 2. The number of rotatable bonds is 11. The van der Waals surface area contributed by atoms with Crippen LogP contribution in [0.5, 0.6) is 0 Å². The monoisotopic (exact) mass is 408 g/mol. The topological polar surface area (TPSA) is 87.0 Å². The van der Waals surface area contributed by atoms with Gasteiger partial charge in [-0.3, -0.25) is 4.79 Å². The Hall–Kier alpha value is -1.17. The predicted molar refractivity (Wildman–Crippen MR) is 114 cm³/mol. The smallest absolute Gasteiger partial charge is 0.308 e. The standard InChI is InChI=1S/C24H40O5/c1-3-9-18(25)14-15-21-20(22(26)16-23(21)27)13-6-4-5-12-19(24(28)29-2)17-10-7-8-11-17/h4,6,14-15,17-23,25-27H,3,5,7-13,16H2,1-2H3/b6-4+,15-14+/t18-,19?,20+,21+,22-,23+/m0/s1. The van der Waals surface area contributed by atoms with Gasteiger partial charge in [0.2, 0.25) is 0 Å². The van der Waals surface area contributed by atoms with E-state index in [1.807, 2.05) is 13.0 Å². The van der Waals surface area contributed by atoms with Crippen molar-refractivity contribution in [3.05, 3.63) is 24.3 Å². The molecule has 0 aromatic rings. The van der Waals surface area contributed by atoms with Crippen molar-refractivity contribution in [1.82, 2.24) is 0 Å². The fraction of sp³-hybridized carbons (Fsp3) is 0.792. The van der Waals surface area contributed by atoms with E-state index in [0.717, 1.165) is 32.1 Å². The van der Waals surface area contributed by atoms with Gasteiger partial charge in [-0.2, -0.15) is 0 Å². The summed E-state index contributed by atoms with van der Waals surface area (Å²) in [6.07, 6.45) is 15.1. The van der Waals surface area contributed by atoms with Gasteiger partial charge in [-0.25, -0.2) is 0 Å². The summed E-state index contributed by atoms with van der Waals surface area (Å²) in [5.74, 6) is 0.170. The molecule has 2 saturated carbocycles. The molecular formula is C24H40O5. The van der Waals surface area contributed by atoms with Gasteiger partial charge in [-0.15, -0.1) is 0 Å². The molecule has 2 aliphatic carbocycles. The van der Waals surface area contributed by atoms with Gasteiger partial charge in [0.15, 0.2) is 0 Å². The van der Waals surface area contributed by atoms with Crippen molar-refractivity contribution in [3.8, 4) is 0 Å². The number of methoxy groups -OCH3 is 1. The van der Waals surface area contributed by atoms with Crippen molar-refractivity contribution in [2.75, 3.05) is 7.11 Å². The van der Waals surface area contributed by atoms with Crippen molar-refractivity contribution >= 4 is 5.97 Å². The third kappa shape index (κ3) is 7.23. The van der Waals surface area contributed by atoms with Gasteiger partial charge in [-0.1, -0.05) is 50.5 Å². The van der Waals surface area contributed by atoms with Crippen LogP contribution < -0.4 is 0 Å². The number of aliphatic hydroxyl groups excluding tert-OH is 3. The third-order valence-corrected chi connectivity index (χ3v) is 6.75. The molecule has 2 fully saturated rings. The number of carbonyl (C=O) groups is 1. The molecule has 0 spiro atoms. The van der Waals surface area contributed by atoms with Crippen molar-refractivity contribution in [3.63, 3.8) is 0 Å². The molecule has 0 radical (unpaired) electrons. The highest BCUT2D eigenvalue weighted by molar-refractivity contribution is 5.72. The van der Waals surface area contributed by atoms with E-state index >= 15 is 0 Å². The highest BCUT2D eigenvalue weighted by atomic mass is 16.5. The zero-order chi connectivity index (χ0) is 21.2. The number of esters is 1. The maximum Gasteiger partial charge on any atom is 0.308 e. The van der Waals surface area contributed by atoms with Gasteiger partial charge >= 0.3 is 5.97 Å². The quantitative estimate of drug-likeness (QED) is 0.358. The molecule has 0 aliphatic heterocycles. The summed E-state index contributed by atoms with van der Waals surface area (Å²) < 4.78 is 5.01. The number of carbonyl (C=O) groups excluding carboxylic acids is 1. The van der Waals surface area contributed by atoms with Crippen LogP contribution in [-0.2, 0) is 9.53 Å². The van der Waals surface area contributed by atoms with E-state index < -0.39 is 18.3 Å². The molecule has 0 aromatic carbocycles. The first kappa shape index (κ1) is 24.1. The summed E-state index contributed by atoms with van der Waals surface area (Å²) in [4.78, 5) is 12.1. The first-order valence-corrected chi connectivity index (χ1v) is 11.4. The zero-order valence-electron chi connectivity index (χ0n) is 18.1. The van der Waals surface area contributed by atoms with E-state index in [9.17, 15) is 20.1 Å². The minimum atomic E-state index is -0.570. The van der Waals surface area contributed by atoms with Crippen LogP contribution in [0.25, 0.3) is 0 Å². The molecule has 6 atom stereocenters. The Labute approximate surface area is 175 Å². The van der Waals surface area contributed by atoms with Gasteiger partial charge in [-0.05, 0) is 50.4 Å². The van der Waals surface area contributed by atoms with Crippen LogP contribution in [0.15, 0.2) is 24.3 Å². The van der Waals surface area contributed by atoms with Crippen molar-refractivity contribution in [2.45, 2.75) is 89.4 Å². The Kier molecular flexibility index (Phi) is 10.4. The first-order chi connectivity index (χ1) is 14.0. The normalized spacial score (nSPS) is 30.4. The van der Waals surface area contributed by atoms with Gasteiger partial charge in [0, 0.05) is 12.3 Å². The highest BCUT2D eigenvalue weighted by Crippen LogP contribution is 2.37. The number of aliphatic hydroxyl groups is 3. The van der Waals surface area contributed by atoms with Crippen LogP contribution in [0.1, 0.15) is 71.1 Å². The summed E-state index contributed by atoms with van der Waals surface area (Å²) in [6, 6.07) is 0. The highest BCUT2D eigenvalue weighted by Gasteiger charge is 2.39. The maximum absolute atomic E-state index is 12.1. The van der Waals surface area contributed by atoms with E-state index in [1.165, 1.54) is 20.0 Å². The van der Waals surface area contributed by atoms with Crippen LogP contribution in [-0.4, -0.2) is 46.7 Å². The Bertz CT molecular complexity index is 537. The Balaban J connectivity index is 1.85. The Morgan fingerprint density at radius 2 is 1.86 bits per heavy atom. The van der Waals surface area contributed by atoms with Crippen molar-refractivity contribution < 1.29 is 24.9 Å². The minimum Gasteiger partial charge on any atom is -0.469 e. The molecule has 5 heteroatoms. The van der Waals surface area contributed by atoms with Crippen LogP contribution in [0, 0.1) is 23.7 Å². The van der Waals surface area contributed by atoms with E-state index in [4.69, 9.17) is 4.74 Å². The largest absolute Gasteiger partial charge is 0.469 e. The van der Waals surface area contributed by atoms with Crippen LogP contribution in [0.3, 0.4) is 0 Å². The lowest BCUT2D eigenvalue weighted by molar-refractivity contribution is -0.147. The number of hydrogen-bond acceptors (Lipinski definition) is 5. The zero-order valence-corrected chi connectivity index (χ0v) is 18.1. The maximum atomic E-state index is 12.1. The minimum absolute atomic E-state index is 0.0122. The molecule has 1 unspecified atom stereocenters. The third-order valence-electron chi connectivity index (χ3n) is 6.75. The molecule has 0 saturated heterocycles. The summed E-state index contributed by atoms with van der Waals surface area (Å²) in [5.41, 5.74) is 0. The Morgan fingerprint density at radius 3 is 2.52 bits per heavy atom. The van der Waals surface area contributed by atoms with Gasteiger partial charge in [0.1, 0.15) is 0 Å². The molecule has 2 rings (SSSR count). The number of hydrogen-bond donors (Lipinski definition) is 3. The first-order valence-electron chi connectivity index (χ1n) is 11.4. The SMILES string of the molecule is CCC[C@H](O)/C=C/[C@@H]1[C@@H](C/C=C/CCC(C(=O)OC)C2CCCC2)[C@@H](O)C[C@H]1O. The lowest BCUT2D eigenvalue weighted by Gasteiger charge is -2.21. The average molecular weight is 409 g/mol. The lowest BCUT2D eigenvalue weighted by Crippen LogP contribution is -2.23. The van der Waals surface area contributed by atoms with E-state index in [-0.39, 0.29) is 23.7 Å². The van der Waals surface area contributed by atoms with E-state index in [1.54, 1.807) is 6.08 Å². The van der Waals surface area contributed by atoms with Crippen LogP contribution in [0.2, 0.25) is 0 Å². The van der Waals surface area contributed by atoms with Crippen molar-refractivity contribution in [1.29, 1.82) is 0 Å². The molecule has 0 amide bonds. The second-order valence-electron chi connectivity index (χ2n) is 8.81. The molecule has 29 heavy (non-hydrogen) atoms. The molecular weight excluding hydrogens is 368 g/mol. The molecule has 166 valence electrons. The molecule has 2 aliphatic rings. The predicted octanol–water partition coefficient (Wildman–Crippen LogP) is 3.77. The number of ether oxygens (including phenoxy) is 1. The summed E-state index contributed by atoms with van der Waals surface area (Å²) in [6.45, 7) is 2.02. The lowest BCUT2D eigenvalue weighted by atomic mass is 9.86. The van der Waals surface area contributed by atoms with E-state index in [0.29, 0.717) is 25.2 Å². The van der Waals surface area contributed by atoms with Crippen LogP contribution in [0.4, 0.5) is 0 Å². The van der Waals surface area contributed by atoms with Gasteiger partial charge < -0.3 is 20.1 Å². The molecule has 0 aromatic heterocycles. The molecule has 3 N–H and O–H groups in total. The molecule has 0 bridgehead atoms. The second-order valence-corrected chi connectivity index (χ2v) is 8.81. The van der Waals surface area contributed by atoms with Crippen LogP contribution >= 0.6 is 0 Å². The molecule has 0 heterocycles. The fourth-order valence-electron chi connectivity index (χ4n) is 5.06. The molecule has 5 nitrogen and oxygen atoms in total. The summed E-state index contributed by atoms with van der Waals surface area (Å²) >= 11 is 0. The Morgan fingerprint density at radius 1 is 1.14 bits per heavy atom. The van der Waals surface area contributed by atoms with Crippen molar-refractivity contribution in [2.24, 2.45) is 23.7 Å². The summed E-state index contributed by atoms with van der Waals surface area (Å²) in [5, 5.41) is 30.5. The fourth-order valence-corrected chi connectivity index (χ4v) is 5.06. The van der Waals surface area contributed by atoms with Gasteiger partial charge in [0.25, 0.3) is 0 Å². The van der Waals surface area contributed by atoms with E-state index in [2.05, 4.69) is 12.2 Å². The summed E-state index contributed by atoms with van der Waals surface area (Å²) in [7, 11) is 1.47. The second kappa shape index (κ2) is 12.5. The average Bonchev–Trinajstić information content (AvgIpc) is 3.31.